The molecule has 0 saturated carbocycles. The van der Waals surface area contributed by atoms with Gasteiger partial charge in [-0.1, -0.05) is 62.2 Å². The fourth-order valence-corrected chi connectivity index (χ4v) is 6.19. The fourth-order valence-electron chi connectivity index (χ4n) is 5.43. The number of nitrogens with zero attached hydrogens (tertiary/aromatic N) is 1. The van der Waals surface area contributed by atoms with Crippen LogP contribution in [0.2, 0.25) is 0 Å². The predicted octanol–water partition coefficient (Wildman–Crippen LogP) is 6.81. The molecule has 1 amide bonds. The summed E-state index contributed by atoms with van der Waals surface area (Å²) in [5.41, 5.74) is 1.77. The van der Waals surface area contributed by atoms with Crippen molar-refractivity contribution in [3.8, 4) is 23.0 Å². The van der Waals surface area contributed by atoms with Crippen LogP contribution in [0.5, 0.6) is 23.0 Å². The minimum absolute atomic E-state index is 0.0568. The maximum atomic E-state index is 14.7. The lowest BCUT2D eigenvalue weighted by Gasteiger charge is -2.31. The van der Waals surface area contributed by atoms with Gasteiger partial charge in [0.2, 0.25) is 11.6 Å². The number of ether oxygens (including phenoxy) is 5. The number of aliphatic imine (C=N–C) groups is 1. The maximum Gasteiger partial charge on any atom is 0.252 e. The fraction of sp³-hybridized carbons (Fsp3) is 0.278. The van der Waals surface area contributed by atoms with Gasteiger partial charge in [-0.25, -0.2) is 4.99 Å². The zero-order chi connectivity index (χ0) is 33.4. The Morgan fingerprint density at radius 3 is 2.21 bits per heavy atom. The summed E-state index contributed by atoms with van der Waals surface area (Å²) in [5.74, 6) is 2.13. The highest BCUT2D eigenvalue weighted by Crippen LogP contribution is 2.45. The lowest BCUT2D eigenvalue weighted by atomic mass is 9.82. The molecule has 0 fully saturated rings. The number of amides is 1. The summed E-state index contributed by atoms with van der Waals surface area (Å²) in [4.78, 5) is 19.8. The Bertz CT molecular complexity index is 1690. The molecule has 0 bridgehead atoms. The Hall–Kier alpha value is -4.06. The van der Waals surface area contributed by atoms with E-state index in [1.165, 1.54) is 0 Å². The van der Waals surface area contributed by atoms with Crippen molar-refractivity contribution in [3.05, 3.63) is 116 Å². The Morgan fingerprint density at radius 1 is 0.915 bits per heavy atom. The average Bonchev–Trinajstić information content (AvgIpc) is 3.48. The van der Waals surface area contributed by atoms with Crippen molar-refractivity contribution in [3.63, 3.8) is 0 Å². The van der Waals surface area contributed by atoms with Crippen molar-refractivity contribution in [2.24, 2.45) is 4.99 Å². The van der Waals surface area contributed by atoms with E-state index in [9.17, 15) is 4.79 Å². The number of carbonyl (C=O) groups is 1. The Kier molecular flexibility index (Phi) is 11.4. The molecule has 0 aliphatic carbocycles. The molecule has 1 aliphatic rings. The molecule has 47 heavy (non-hydrogen) atoms. The van der Waals surface area contributed by atoms with Crippen LogP contribution in [0.3, 0.4) is 0 Å². The quantitative estimate of drug-likeness (QED) is 0.136. The van der Waals surface area contributed by atoms with Gasteiger partial charge in [0.1, 0.15) is 5.75 Å². The summed E-state index contributed by atoms with van der Waals surface area (Å²) in [6.45, 7) is 0.631. The first kappa shape index (κ1) is 34.3. The van der Waals surface area contributed by atoms with E-state index < -0.39 is 11.6 Å². The van der Waals surface area contributed by atoms with Gasteiger partial charge in [0.05, 0.1) is 27.9 Å². The summed E-state index contributed by atoms with van der Waals surface area (Å²) >= 11 is 7.21. The van der Waals surface area contributed by atoms with Crippen LogP contribution in [0, 0.1) is 0 Å². The number of methoxy groups -OCH3 is 3. The van der Waals surface area contributed by atoms with Crippen LogP contribution >= 0.6 is 31.9 Å². The third-order valence-corrected chi connectivity index (χ3v) is 9.03. The summed E-state index contributed by atoms with van der Waals surface area (Å²) in [5, 5.41) is 12.2. The van der Waals surface area contributed by atoms with Crippen LogP contribution in [-0.4, -0.2) is 57.0 Å². The Morgan fingerprint density at radius 2 is 1.60 bits per heavy atom. The molecule has 2 N–H and O–H groups in total. The predicted molar refractivity (Wildman–Crippen MR) is 187 cm³/mol. The molecule has 5 rings (SSSR count). The molecule has 0 radical (unpaired) electrons. The number of hydrogen-bond donors (Lipinski definition) is 2. The van der Waals surface area contributed by atoms with Crippen molar-refractivity contribution < 1.29 is 33.6 Å². The first-order valence-corrected chi connectivity index (χ1v) is 16.6. The van der Waals surface area contributed by atoms with Gasteiger partial charge in [-0.15, -0.1) is 0 Å². The number of halogens is 2. The largest absolute Gasteiger partial charge is 0.494 e. The van der Waals surface area contributed by atoms with E-state index in [0.717, 1.165) is 25.6 Å². The highest BCUT2D eigenvalue weighted by Gasteiger charge is 2.53. The molecule has 246 valence electrons. The van der Waals surface area contributed by atoms with Crippen LogP contribution in [0.1, 0.15) is 34.8 Å². The summed E-state index contributed by atoms with van der Waals surface area (Å²) in [7, 11) is 4.65. The number of carbonyl (C=O) groups excluding carboxylic acids is 1. The standard InChI is InChI=1S/C36H36Br2N2O7/c1-43-30-19-24(20-31(44-2)32(30)45-3)22-39-35(42)36(21-23-9-13-26(37)14-10-23)33(28-7-4-5-8-29(28)38)47-34(40-36)25-11-15-27(16-12-25)46-18-6-17-41/h4-5,7-16,19-20,33,41H,6,17-18,21-22H2,1-3H3,(H,39,42)/t33-,36-/m1/s1. The molecule has 4 aromatic rings. The molecule has 0 saturated heterocycles. The van der Waals surface area contributed by atoms with E-state index >= 15 is 0 Å². The lowest BCUT2D eigenvalue weighted by molar-refractivity contribution is -0.129. The molecular weight excluding hydrogens is 732 g/mol. The minimum Gasteiger partial charge on any atom is -0.494 e. The van der Waals surface area contributed by atoms with Gasteiger partial charge >= 0.3 is 0 Å². The number of benzene rings is 4. The van der Waals surface area contributed by atoms with Gasteiger partial charge in [-0.2, -0.15) is 0 Å². The number of hydrogen-bond acceptors (Lipinski definition) is 8. The summed E-state index contributed by atoms with van der Waals surface area (Å²) in [6, 6.07) is 26.5. The zero-order valence-corrected chi connectivity index (χ0v) is 29.5. The molecule has 4 aromatic carbocycles. The second-order valence-electron chi connectivity index (χ2n) is 10.8. The first-order valence-electron chi connectivity index (χ1n) is 15.0. The lowest BCUT2D eigenvalue weighted by Crippen LogP contribution is -2.49. The zero-order valence-electron chi connectivity index (χ0n) is 26.3. The molecular formula is C36H36Br2N2O7. The van der Waals surface area contributed by atoms with Crippen molar-refractivity contribution in [2.75, 3.05) is 34.5 Å². The Balaban J connectivity index is 1.56. The van der Waals surface area contributed by atoms with E-state index in [1.807, 2.05) is 72.8 Å². The minimum atomic E-state index is -1.38. The molecule has 0 unspecified atom stereocenters. The molecule has 0 aromatic heterocycles. The van der Waals surface area contributed by atoms with E-state index in [1.54, 1.807) is 33.5 Å². The number of nitrogens with one attached hydrogen (secondary N) is 1. The third kappa shape index (κ3) is 7.75. The second kappa shape index (κ2) is 15.7. The highest BCUT2D eigenvalue weighted by molar-refractivity contribution is 9.10. The Labute approximate surface area is 291 Å². The van der Waals surface area contributed by atoms with Gasteiger partial charge in [0, 0.05) is 46.1 Å². The maximum absolute atomic E-state index is 14.7. The van der Waals surface area contributed by atoms with Gasteiger partial charge < -0.3 is 34.1 Å². The summed E-state index contributed by atoms with van der Waals surface area (Å²) in [6.07, 6.45) is 0.0333. The van der Waals surface area contributed by atoms with Crippen molar-refractivity contribution in [2.45, 2.75) is 31.0 Å². The smallest absolute Gasteiger partial charge is 0.252 e. The monoisotopic (exact) mass is 766 g/mol. The second-order valence-corrected chi connectivity index (χ2v) is 12.6. The molecule has 9 nitrogen and oxygen atoms in total. The summed E-state index contributed by atoms with van der Waals surface area (Å²) < 4.78 is 30.6. The van der Waals surface area contributed by atoms with Crippen LogP contribution in [-0.2, 0) is 22.5 Å². The van der Waals surface area contributed by atoms with E-state index in [0.29, 0.717) is 47.5 Å². The number of aliphatic hydroxyl groups is 1. The number of aliphatic hydroxyl groups excluding tert-OH is 1. The topological polar surface area (TPSA) is 108 Å². The highest BCUT2D eigenvalue weighted by atomic mass is 79.9. The van der Waals surface area contributed by atoms with E-state index in [-0.39, 0.29) is 25.5 Å². The third-order valence-electron chi connectivity index (χ3n) is 7.78. The normalized spacial score (nSPS) is 17.0. The molecule has 11 heteroatoms. The average molecular weight is 768 g/mol. The van der Waals surface area contributed by atoms with Crippen LogP contribution in [0.15, 0.2) is 98.9 Å². The molecule has 1 aliphatic heterocycles. The molecule has 1 heterocycles. The van der Waals surface area contributed by atoms with Gasteiger partial charge in [0.25, 0.3) is 5.91 Å². The van der Waals surface area contributed by atoms with Crippen LogP contribution in [0.25, 0.3) is 0 Å². The van der Waals surface area contributed by atoms with Crippen molar-refractivity contribution in [1.82, 2.24) is 5.32 Å². The van der Waals surface area contributed by atoms with Gasteiger partial charge in [-0.3, -0.25) is 4.79 Å². The molecule has 0 spiro atoms. The van der Waals surface area contributed by atoms with Gasteiger partial charge in [0.15, 0.2) is 23.1 Å². The molecule has 2 atom stereocenters. The van der Waals surface area contributed by atoms with Gasteiger partial charge in [-0.05, 0) is 65.7 Å². The van der Waals surface area contributed by atoms with Crippen molar-refractivity contribution in [1.29, 1.82) is 0 Å². The number of rotatable bonds is 14. The van der Waals surface area contributed by atoms with Crippen LogP contribution in [0.4, 0.5) is 0 Å². The first-order chi connectivity index (χ1) is 22.8. The van der Waals surface area contributed by atoms with Crippen molar-refractivity contribution >= 4 is 43.7 Å². The SMILES string of the molecule is COc1cc(CNC(=O)[C@]2(Cc3ccc(Br)cc3)N=C(c3ccc(OCCCO)cc3)O[C@@H]2c2ccccc2Br)cc(OC)c1OC. The van der Waals surface area contributed by atoms with E-state index in [4.69, 9.17) is 33.8 Å². The van der Waals surface area contributed by atoms with Crippen LogP contribution < -0.4 is 24.3 Å². The van der Waals surface area contributed by atoms with E-state index in [2.05, 4.69) is 37.2 Å².